The number of hydrogen-bond acceptors (Lipinski definition) is 3. The number of fused-ring (bicyclic) bond motifs is 1. The van der Waals surface area contributed by atoms with E-state index in [0.717, 1.165) is 35.0 Å². The Morgan fingerprint density at radius 1 is 0.818 bits per heavy atom. The molecule has 3 nitrogen and oxygen atoms in total. The Labute approximate surface area is 199 Å². The summed E-state index contributed by atoms with van der Waals surface area (Å²) in [4.78, 5) is 17.6. The van der Waals surface area contributed by atoms with Crippen molar-refractivity contribution in [3.8, 4) is 0 Å². The zero-order valence-electron chi connectivity index (χ0n) is 18.4. The summed E-state index contributed by atoms with van der Waals surface area (Å²) in [5, 5.41) is 3.09. The van der Waals surface area contributed by atoms with Crippen LogP contribution in [-0.2, 0) is 13.0 Å². The molecule has 0 radical (unpaired) electrons. The first-order valence-corrected chi connectivity index (χ1v) is 12.1. The van der Waals surface area contributed by atoms with Crippen LogP contribution in [0, 0.1) is 0 Å². The van der Waals surface area contributed by atoms with Crippen LogP contribution in [0.15, 0.2) is 113 Å². The molecular weight excluding hydrogens is 424 g/mol. The van der Waals surface area contributed by atoms with Gasteiger partial charge >= 0.3 is 0 Å². The summed E-state index contributed by atoms with van der Waals surface area (Å²) in [5.74, 6) is -0.0917. The number of carbonyl (C=O) groups excluding carboxylic acids is 1. The molecule has 0 saturated carbocycles. The van der Waals surface area contributed by atoms with Crippen LogP contribution in [-0.4, -0.2) is 12.5 Å². The van der Waals surface area contributed by atoms with Gasteiger partial charge in [-0.05, 0) is 66.4 Å². The molecular formula is C29H26N2OS. The minimum atomic E-state index is -0.0917. The molecule has 4 aromatic rings. The fraction of sp³-hybridized carbons (Fsp3) is 0.138. The van der Waals surface area contributed by atoms with Gasteiger partial charge in [0.05, 0.1) is 5.69 Å². The van der Waals surface area contributed by atoms with E-state index in [1.165, 1.54) is 23.2 Å². The second-order valence-electron chi connectivity index (χ2n) is 8.22. The second kappa shape index (κ2) is 9.97. The summed E-state index contributed by atoms with van der Waals surface area (Å²) in [6, 6.07) is 34.8. The third-order valence-electron chi connectivity index (χ3n) is 5.90. The molecule has 4 heteroatoms. The van der Waals surface area contributed by atoms with E-state index in [4.69, 9.17) is 0 Å². The van der Waals surface area contributed by atoms with Crippen molar-refractivity contribution in [3.05, 3.63) is 120 Å². The molecule has 4 aromatic carbocycles. The molecule has 0 saturated heterocycles. The summed E-state index contributed by atoms with van der Waals surface area (Å²) < 4.78 is 0. The molecule has 0 bridgehead atoms. The van der Waals surface area contributed by atoms with Gasteiger partial charge in [-0.15, -0.1) is 0 Å². The van der Waals surface area contributed by atoms with Gasteiger partial charge in [0.25, 0.3) is 5.91 Å². The first kappa shape index (κ1) is 21.4. The molecule has 1 N–H and O–H groups in total. The van der Waals surface area contributed by atoms with E-state index in [1.807, 2.05) is 54.6 Å². The summed E-state index contributed by atoms with van der Waals surface area (Å²) in [6.45, 7) is 1.92. The van der Waals surface area contributed by atoms with Crippen molar-refractivity contribution in [1.29, 1.82) is 0 Å². The number of aryl methyl sites for hydroxylation is 1. The normalized spacial score (nSPS) is 12.8. The number of rotatable bonds is 6. The lowest BCUT2D eigenvalue weighted by atomic mass is 10.0. The molecule has 0 aromatic heterocycles. The Bertz CT molecular complexity index is 1240. The first-order chi connectivity index (χ1) is 16.3. The van der Waals surface area contributed by atoms with Crippen LogP contribution in [0.25, 0.3) is 0 Å². The molecule has 0 spiro atoms. The van der Waals surface area contributed by atoms with E-state index in [1.54, 1.807) is 11.8 Å². The third kappa shape index (κ3) is 5.12. The molecule has 1 heterocycles. The molecule has 1 amide bonds. The van der Waals surface area contributed by atoms with Crippen molar-refractivity contribution < 1.29 is 4.79 Å². The van der Waals surface area contributed by atoms with E-state index in [-0.39, 0.29) is 5.91 Å². The fourth-order valence-corrected chi connectivity index (χ4v) is 5.15. The summed E-state index contributed by atoms with van der Waals surface area (Å²) in [7, 11) is 0. The van der Waals surface area contributed by atoms with Crippen molar-refractivity contribution in [1.82, 2.24) is 0 Å². The largest absolute Gasteiger partial charge is 0.367 e. The average molecular weight is 451 g/mol. The molecule has 1 aliphatic heterocycles. The van der Waals surface area contributed by atoms with Crippen molar-refractivity contribution in [2.75, 3.05) is 16.8 Å². The quantitative estimate of drug-likeness (QED) is 0.342. The fourth-order valence-electron chi connectivity index (χ4n) is 4.23. The number of carbonyl (C=O) groups is 1. The van der Waals surface area contributed by atoms with E-state index in [9.17, 15) is 4.79 Å². The van der Waals surface area contributed by atoms with Crippen LogP contribution >= 0.6 is 11.8 Å². The molecule has 0 atom stereocenters. The van der Waals surface area contributed by atoms with Gasteiger partial charge in [-0.25, -0.2) is 0 Å². The van der Waals surface area contributed by atoms with Crippen molar-refractivity contribution in [3.63, 3.8) is 0 Å². The number of anilines is 2. The number of nitrogens with zero attached hydrogens (tertiary/aromatic N) is 1. The van der Waals surface area contributed by atoms with Crippen LogP contribution in [0.3, 0.4) is 0 Å². The maximum Gasteiger partial charge on any atom is 0.255 e. The third-order valence-corrected chi connectivity index (χ3v) is 6.99. The Hall–Kier alpha value is -3.50. The van der Waals surface area contributed by atoms with Crippen LogP contribution in [0.4, 0.5) is 11.4 Å². The number of hydrogen-bond donors (Lipinski definition) is 1. The minimum absolute atomic E-state index is 0.0917. The van der Waals surface area contributed by atoms with Gasteiger partial charge in [-0.3, -0.25) is 4.79 Å². The van der Waals surface area contributed by atoms with Gasteiger partial charge < -0.3 is 10.2 Å². The lowest BCUT2D eigenvalue weighted by Gasteiger charge is -2.31. The smallest absolute Gasteiger partial charge is 0.255 e. The van der Waals surface area contributed by atoms with Crippen molar-refractivity contribution >= 4 is 29.0 Å². The van der Waals surface area contributed by atoms with Crippen LogP contribution in [0.2, 0.25) is 0 Å². The predicted molar refractivity (Wildman–Crippen MR) is 137 cm³/mol. The van der Waals surface area contributed by atoms with E-state index in [2.05, 4.69) is 58.7 Å². The highest BCUT2D eigenvalue weighted by Crippen LogP contribution is 2.33. The summed E-state index contributed by atoms with van der Waals surface area (Å²) >= 11 is 1.65. The lowest BCUT2D eigenvalue weighted by molar-refractivity contribution is 0.102. The zero-order valence-corrected chi connectivity index (χ0v) is 19.2. The molecule has 0 aliphatic carbocycles. The Balaban J connectivity index is 1.27. The Kier molecular flexibility index (Phi) is 6.45. The average Bonchev–Trinajstić information content (AvgIpc) is 2.86. The van der Waals surface area contributed by atoms with Gasteiger partial charge in [-0.1, -0.05) is 72.4 Å². The summed E-state index contributed by atoms with van der Waals surface area (Å²) in [6.07, 6.45) is 2.33. The van der Waals surface area contributed by atoms with Gasteiger partial charge in [0.2, 0.25) is 0 Å². The van der Waals surface area contributed by atoms with Crippen molar-refractivity contribution in [2.45, 2.75) is 29.2 Å². The predicted octanol–water partition coefficient (Wildman–Crippen LogP) is 7.04. The maximum atomic E-state index is 13.0. The zero-order chi connectivity index (χ0) is 22.5. The first-order valence-electron chi connectivity index (χ1n) is 11.3. The number of nitrogens with one attached hydrogen (secondary N) is 1. The highest BCUT2D eigenvalue weighted by atomic mass is 32.2. The monoisotopic (exact) mass is 450 g/mol. The van der Waals surface area contributed by atoms with Gasteiger partial charge in [0, 0.05) is 34.1 Å². The van der Waals surface area contributed by atoms with Crippen LogP contribution < -0.4 is 10.2 Å². The molecule has 0 fully saturated rings. The molecule has 164 valence electrons. The second-order valence-corrected chi connectivity index (χ2v) is 9.33. The number of para-hydroxylation sites is 2. The highest BCUT2D eigenvalue weighted by molar-refractivity contribution is 7.99. The summed E-state index contributed by atoms with van der Waals surface area (Å²) in [5.41, 5.74) is 5.45. The number of benzene rings is 4. The van der Waals surface area contributed by atoms with Gasteiger partial charge in [0.1, 0.15) is 0 Å². The topological polar surface area (TPSA) is 32.3 Å². The van der Waals surface area contributed by atoms with Crippen molar-refractivity contribution in [2.24, 2.45) is 0 Å². The lowest BCUT2D eigenvalue weighted by Crippen LogP contribution is -2.28. The van der Waals surface area contributed by atoms with Crippen LogP contribution in [0.5, 0.6) is 0 Å². The van der Waals surface area contributed by atoms with E-state index < -0.39 is 0 Å². The van der Waals surface area contributed by atoms with E-state index in [0.29, 0.717) is 5.56 Å². The highest BCUT2D eigenvalue weighted by Gasteiger charge is 2.16. The molecule has 1 aliphatic rings. The number of amides is 1. The Morgan fingerprint density at radius 2 is 1.55 bits per heavy atom. The maximum absolute atomic E-state index is 13.0. The molecule has 5 rings (SSSR count). The Morgan fingerprint density at radius 3 is 2.39 bits per heavy atom. The molecule has 33 heavy (non-hydrogen) atoms. The van der Waals surface area contributed by atoms with Gasteiger partial charge in [-0.2, -0.15) is 0 Å². The molecule has 0 unspecified atom stereocenters. The standard InChI is InChI=1S/C29H26N2OS/c32-29(30-26-13-5-7-15-28(26)33-25-11-2-1-3-12-25)24-18-16-22(17-19-24)21-31-20-8-10-23-9-4-6-14-27(23)31/h1-7,9,11-19H,8,10,20-21H2,(H,30,32). The van der Waals surface area contributed by atoms with E-state index >= 15 is 0 Å². The SMILES string of the molecule is O=C(Nc1ccccc1Sc1ccccc1)c1ccc(CN2CCCc3ccccc32)cc1. The minimum Gasteiger partial charge on any atom is -0.367 e. The van der Waals surface area contributed by atoms with Crippen LogP contribution in [0.1, 0.15) is 27.9 Å². The van der Waals surface area contributed by atoms with Gasteiger partial charge in [0.15, 0.2) is 0 Å².